The maximum Gasteiger partial charge on any atom is 0.321 e. The van der Waals surface area contributed by atoms with E-state index in [1.165, 1.54) is 12.1 Å². The van der Waals surface area contributed by atoms with Gasteiger partial charge in [0.05, 0.1) is 0 Å². The van der Waals surface area contributed by atoms with E-state index in [-0.39, 0.29) is 5.39 Å². The predicted octanol–water partition coefficient (Wildman–Crippen LogP) is 1.98. The summed E-state index contributed by atoms with van der Waals surface area (Å²) in [6.45, 7) is -2.83. The van der Waals surface area contributed by atoms with Crippen LogP contribution in [-0.2, 0) is 0 Å². The molecule has 0 radical (unpaired) electrons. The van der Waals surface area contributed by atoms with Gasteiger partial charge in [0.2, 0.25) is 0 Å². The Bertz CT molecular complexity index is 563. The molecule has 0 spiro atoms. The fourth-order valence-corrected chi connectivity index (χ4v) is 1.47. The number of fused-ring (bicyclic) bond motifs is 1. The third-order valence-corrected chi connectivity index (χ3v) is 2.22. The highest BCUT2D eigenvalue weighted by Gasteiger charge is 2.10. The molecule has 0 saturated heterocycles. The molecule has 0 amide bonds. The second-order valence-corrected chi connectivity index (χ2v) is 3.11. The van der Waals surface area contributed by atoms with E-state index < -0.39 is 12.1 Å². The molecule has 2 aromatic rings. The van der Waals surface area contributed by atoms with Crippen molar-refractivity contribution in [2.45, 2.75) is 6.55 Å². The minimum absolute atomic E-state index is 0.206. The number of nitrogens with two attached hydrogens (primary N) is 1. The molecule has 78 valence electrons. The van der Waals surface area contributed by atoms with Gasteiger partial charge in [0, 0.05) is 22.7 Å². The summed E-state index contributed by atoms with van der Waals surface area (Å²) in [4.78, 5) is 11.5. The Balaban J connectivity index is 2.86. The highest BCUT2D eigenvalue weighted by Crippen LogP contribution is 2.18. The van der Waals surface area contributed by atoms with Crippen molar-refractivity contribution in [3.05, 3.63) is 40.8 Å². The number of nitrogens with zero attached hydrogens (tertiary/aromatic N) is 1. The second-order valence-electron chi connectivity index (χ2n) is 3.11. The number of nitrogen functional groups attached to an aromatic ring is 1. The number of hydrogen-bond acceptors (Lipinski definition) is 2. The Morgan fingerprint density at radius 3 is 2.60 bits per heavy atom. The number of pyridine rings is 1. The molecule has 0 bridgehead atoms. The summed E-state index contributed by atoms with van der Waals surface area (Å²) in [5, 5.41) is 0.706. The molecule has 15 heavy (non-hydrogen) atoms. The van der Waals surface area contributed by atoms with Crippen LogP contribution in [0.1, 0.15) is 6.55 Å². The molecular weight excluding hydrogens is 202 g/mol. The van der Waals surface area contributed by atoms with Crippen LogP contribution in [0.25, 0.3) is 10.8 Å². The van der Waals surface area contributed by atoms with Gasteiger partial charge in [-0.1, -0.05) is 6.07 Å². The summed E-state index contributed by atoms with van der Waals surface area (Å²) in [5.74, 6) is 0. The van der Waals surface area contributed by atoms with Crippen molar-refractivity contribution < 1.29 is 8.78 Å². The molecule has 3 nitrogen and oxygen atoms in total. The van der Waals surface area contributed by atoms with Gasteiger partial charge in [0.15, 0.2) is 0 Å². The van der Waals surface area contributed by atoms with Crippen LogP contribution < -0.4 is 11.3 Å². The number of aromatic nitrogens is 1. The predicted molar refractivity (Wildman–Crippen MR) is 53.9 cm³/mol. The van der Waals surface area contributed by atoms with E-state index in [4.69, 9.17) is 5.73 Å². The monoisotopic (exact) mass is 210 g/mol. The standard InChI is InChI=1S/C10H8F2N2O/c11-10(12)14-5-4-6-7(9(14)15)2-1-3-8(6)13/h1-5,10H,13H2. The Morgan fingerprint density at radius 2 is 1.93 bits per heavy atom. The molecule has 1 aromatic heterocycles. The number of hydrogen-bond donors (Lipinski definition) is 1. The van der Waals surface area contributed by atoms with E-state index in [9.17, 15) is 13.6 Å². The lowest BCUT2D eigenvalue weighted by Crippen LogP contribution is -2.20. The van der Waals surface area contributed by atoms with Gasteiger partial charge in [-0.15, -0.1) is 0 Å². The summed E-state index contributed by atoms with van der Waals surface area (Å²) >= 11 is 0. The van der Waals surface area contributed by atoms with Gasteiger partial charge in [-0.3, -0.25) is 9.36 Å². The summed E-state index contributed by atoms with van der Waals surface area (Å²) < 4.78 is 25.2. The van der Waals surface area contributed by atoms with Crippen molar-refractivity contribution in [2.24, 2.45) is 0 Å². The number of benzene rings is 1. The van der Waals surface area contributed by atoms with Crippen LogP contribution in [0, 0.1) is 0 Å². The first-order valence-electron chi connectivity index (χ1n) is 4.29. The summed E-state index contributed by atoms with van der Waals surface area (Å²) in [6.07, 6.45) is 1.05. The number of anilines is 1. The average molecular weight is 210 g/mol. The second kappa shape index (κ2) is 3.34. The van der Waals surface area contributed by atoms with E-state index in [1.807, 2.05) is 0 Å². The van der Waals surface area contributed by atoms with E-state index >= 15 is 0 Å². The van der Waals surface area contributed by atoms with Crippen molar-refractivity contribution in [3.63, 3.8) is 0 Å². The molecule has 0 aliphatic heterocycles. The third kappa shape index (κ3) is 1.45. The SMILES string of the molecule is Nc1cccc2c(=O)n(C(F)F)ccc12. The van der Waals surface area contributed by atoms with Crippen molar-refractivity contribution in [1.82, 2.24) is 4.57 Å². The zero-order valence-electron chi connectivity index (χ0n) is 7.65. The normalized spacial score (nSPS) is 11.1. The molecule has 2 rings (SSSR count). The van der Waals surface area contributed by atoms with Gasteiger partial charge < -0.3 is 5.73 Å². The highest BCUT2D eigenvalue weighted by atomic mass is 19.3. The highest BCUT2D eigenvalue weighted by molar-refractivity contribution is 5.91. The quantitative estimate of drug-likeness (QED) is 0.731. The van der Waals surface area contributed by atoms with Crippen molar-refractivity contribution in [1.29, 1.82) is 0 Å². The third-order valence-electron chi connectivity index (χ3n) is 2.22. The molecule has 0 aliphatic rings. The number of halogens is 2. The van der Waals surface area contributed by atoms with Crippen LogP contribution in [0.4, 0.5) is 14.5 Å². The van der Waals surface area contributed by atoms with Crippen LogP contribution >= 0.6 is 0 Å². The van der Waals surface area contributed by atoms with E-state index in [2.05, 4.69) is 0 Å². The Morgan fingerprint density at radius 1 is 1.20 bits per heavy atom. The zero-order chi connectivity index (χ0) is 11.0. The maximum atomic E-state index is 12.4. The van der Waals surface area contributed by atoms with Crippen LogP contribution in [0.5, 0.6) is 0 Å². The molecule has 2 N–H and O–H groups in total. The lowest BCUT2D eigenvalue weighted by molar-refractivity contribution is 0.0669. The molecule has 1 aromatic carbocycles. The Hall–Kier alpha value is -1.91. The first kappa shape index (κ1) is 9.64. The van der Waals surface area contributed by atoms with Gasteiger partial charge in [-0.25, -0.2) is 0 Å². The molecule has 0 atom stereocenters. The number of alkyl halides is 2. The first-order valence-corrected chi connectivity index (χ1v) is 4.29. The number of rotatable bonds is 1. The van der Waals surface area contributed by atoms with Crippen molar-refractivity contribution in [3.8, 4) is 0 Å². The van der Waals surface area contributed by atoms with Crippen molar-refractivity contribution in [2.75, 3.05) is 5.73 Å². The molecular formula is C10H8F2N2O. The molecule has 1 heterocycles. The maximum absolute atomic E-state index is 12.4. The fraction of sp³-hybridized carbons (Fsp3) is 0.100. The van der Waals surface area contributed by atoms with Gasteiger partial charge in [0.25, 0.3) is 5.56 Å². The van der Waals surface area contributed by atoms with Gasteiger partial charge in [0.1, 0.15) is 0 Å². The average Bonchev–Trinajstić information content (AvgIpc) is 2.19. The summed E-state index contributed by atoms with van der Waals surface area (Å²) in [6, 6.07) is 6.08. The minimum atomic E-state index is -2.83. The summed E-state index contributed by atoms with van der Waals surface area (Å²) in [7, 11) is 0. The van der Waals surface area contributed by atoms with E-state index in [0.717, 1.165) is 6.20 Å². The summed E-state index contributed by atoms with van der Waals surface area (Å²) in [5.41, 5.74) is 5.30. The Labute approximate surface area is 83.7 Å². The smallest absolute Gasteiger partial charge is 0.321 e. The molecule has 0 aliphatic carbocycles. The molecule has 0 fully saturated rings. The van der Waals surface area contributed by atoms with Gasteiger partial charge >= 0.3 is 6.55 Å². The first-order chi connectivity index (χ1) is 7.11. The van der Waals surface area contributed by atoms with Crippen LogP contribution in [-0.4, -0.2) is 4.57 Å². The van der Waals surface area contributed by atoms with Gasteiger partial charge in [-0.05, 0) is 18.2 Å². The Kier molecular flexibility index (Phi) is 2.15. The largest absolute Gasteiger partial charge is 0.398 e. The zero-order valence-corrected chi connectivity index (χ0v) is 7.65. The minimum Gasteiger partial charge on any atom is -0.398 e. The van der Waals surface area contributed by atoms with Crippen LogP contribution in [0.15, 0.2) is 35.3 Å². The van der Waals surface area contributed by atoms with Crippen LogP contribution in [0.3, 0.4) is 0 Å². The van der Waals surface area contributed by atoms with E-state index in [0.29, 0.717) is 15.6 Å². The topological polar surface area (TPSA) is 48.0 Å². The lowest BCUT2D eigenvalue weighted by atomic mass is 10.1. The molecule has 0 saturated carbocycles. The van der Waals surface area contributed by atoms with E-state index in [1.54, 1.807) is 12.1 Å². The fourth-order valence-electron chi connectivity index (χ4n) is 1.47. The van der Waals surface area contributed by atoms with Crippen molar-refractivity contribution >= 4 is 16.5 Å². The molecule has 0 unspecified atom stereocenters. The van der Waals surface area contributed by atoms with Crippen LogP contribution in [0.2, 0.25) is 0 Å². The molecule has 5 heteroatoms. The van der Waals surface area contributed by atoms with Gasteiger partial charge in [-0.2, -0.15) is 8.78 Å². The lowest BCUT2D eigenvalue weighted by Gasteiger charge is -2.06.